The van der Waals surface area contributed by atoms with Gasteiger partial charge in [-0.25, -0.2) is 8.78 Å². The molecule has 0 aromatic heterocycles. The smallest absolute Gasteiger partial charge is 0.350 e. The molecular formula is C17H13F5N2O2. The van der Waals surface area contributed by atoms with Crippen LogP contribution in [0.3, 0.4) is 0 Å². The monoisotopic (exact) mass is 372 g/mol. The van der Waals surface area contributed by atoms with Crippen molar-refractivity contribution in [2.24, 2.45) is 0 Å². The van der Waals surface area contributed by atoms with Crippen molar-refractivity contribution in [3.63, 3.8) is 0 Å². The summed E-state index contributed by atoms with van der Waals surface area (Å²) in [5.41, 5.74) is -0.510. The summed E-state index contributed by atoms with van der Waals surface area (Å²) in [7, 11) is 0. The maximum absolute atomic E-state index is 13.0. The molecule has 2 N–H and O–H groups in total. The Morgan fingerprint density at radius 1 is 0.885 bits per heavy atom. The van der Waals surface area contributed by atoms with Crippen LogP contribution in [-0.2, 0) is 17.5 Å². The van der Waals surface area contributed by atoms with E-state index < -0.39 is 41.7 Å². The van der Waals surface area contributed by atoms with Gasteiger partial charge in [-0.2, -0.15) is 13.2 Å². The zero-order valence-corrected chi connectivity index (χ0v) is 13.2. The van der Waals surface area contributed by atoms with Crippen LogP contribution >= 0.6 is 0 Å². The van der Waals surface area contributed by atoms with Crippen LogP contribution in [0, 0.1) is 11.6 Å². The Morgan fingerprint density at radius 3 is 2.12 bits per heavy atom. The predicted octanol–water partition coefficient (Wildman–Crippen LogP) is 3.03. The van der Waals surface area contributed by atoms with E-state index in [0.29, 0.717) is 11.6 Å². The molecule has 0 aliphatic heterocycles. The lowest BCUT2D eigenvalue weighted by Gasteiger charge is -2.09. The minimum atomic E-state index is -4.44. The minimum Gasteiger partial charge on any atom is -0.350 e. The maximum Gasteiger partial charge on any atom is 0.416 e. The SMILES string of the molecule is O=C(CNC(=O)c1ccc(F)c(F)c1)NCc1ccc(C(F)(F)F)cc1. The number of hydrogen-bond acceptors (Lipinski definition) is 2. The standard InChI is InChI=1S/C17H13F5N2O2/c18-13-6-3-11(7-14(13)19)16(26)24-9-15(25)23-8-10-1-4-12(5-2-10)17(20,21)22/h1-7H,8-9H2,(H,23,25)(H,24,26). The zero-order chi connectivity index (χ0) is 19.3. The third-order valence-corrected chi connectivity index (χ3v) is 3.36. The molecular weight excluding hydrogens is 359 g/mol. The molecule has 0 fully saturated rings. The molecule has 0 atom stereocenters. The van der Waals surface area contributed by atoms with Crippen LogP contribution in [0.2, 0.25) is 0 Å². The zero-order valence-electron chi connectivity index (χ0n) is 13.2. The number of alkyl halides is 3. The van der Waals surface area contributed by atoms with Gasteiger partial charge in [0.1, 0.15) is 0 Å². The normalized spacial score (nSPS) is 11.1. The highest BCUT2D eigenvalue weighted by atomic mass is 19.4. The lowest BCUT2D eigenvalue weighted by molar-refractivity contribution is -0.137. The molecule has 2 rings (SSSR count). The van der Waals surface area contributed by atoms with Crippen molar-refractivity contribution in [3.8, 4) is 0 Å². The second kappa shape index (κ2) is 7.94. The first-order chi connectivity index (χ1) is 12.2. The summed E-state index contributed by atoms with van der Waals surface area (Å²) < 4.78 is 63.2. The first-order valence-corrected chi connectivity index (χ1v) is 7.33. The first kappa shape index (κ1) is 19.4. The number of hydrogen-bond donors (Lipinski definition) is 2. The van der Waals surface area contributed by atoms with Gasteiger partial charge in [0.25, 0.3) is 5.91 Å². The fourth-order valence-electron chi connectivity index (χ4n) is 1.97. The third kappa shape index (κ3) is 5.27. The van der Waals surface area contributed by atoms with Crippen molar-refractivity contribution < 1.29 is 31.5 Å². The van der Waals surface area contributed by atoms with E-state index in [0.717, 1.165) is 24.3 Å². The lowest BCUT2D eigenvalue weighted by Crippen LogP contribution is -2.36. The molecule has 0 heterocycles. The Hall–Kier alpha value is -2.97. The van der Waals surface area contributed by atoms with Crippen molar-refractivity contribution in [2.45, 2.75) is 12.7 Å². The van der Waals surface area contributed by atoms with Crippen LogP contribution in [0.25, 0.3) is 0 Å². The molecule has 138 valence electrons. The summed E-state index contributed by atoms with van der Waals surface area (Å²) >= 11 is 0. The molecule has 0 saturated heterocycles. The largest absolute Gasteiger partial charge is 0.416 e. The number of halogens is 5. The Morgan fingerprint density at radius 2 is 1.54 bits per heavy atom. The van der Waals surface area contributed by atoms with Crippen molar-refractivity contribution in [3.05, 3.63) is 70.8 Å². The van der Waals surface area contributed by atoms with Crippen LogP contribution in [0.15, 0.2) is 42.5 Å². The molecule has 26 heavy (non-hydrogen) atoms. The van der Waals surface area contributed by atoms with Crippen molar-refractivity contribution in [1.82, 2.24) is 10.6 Å². The molecule has 2 aromatic carbocycles. The lowest BCUT2D eigenvalue weighted by atomic mass is 10.1. The number of nitrogens with one attached hydrogen (secondary N) is 2. The highest BCUT2D eigenvalue weighted by Crippen LogP contribution is 2.29. The van der Waals surface area contributed by atoms with E-state index in [2.05, 4.69) is 10.6 Å². The summed E-state index contributed by atoms with van der Waals surface area (Å²) in [6, 6.07) is 6.79. The number of rotatable bonds is 5. The fraction of sp³-hybridized carbons (Fsp3) is 0.176. The molecule has 2 aromatic rings. The van der Waals surface area contributed by atoms with Crippen LogP contribution in [-0.4, -0.2) is 18.4 Å². The number of carbonyl (C=O) groups excluding carboxylic acids is 2. The van der Waals surface area contributed by atoms with E-state index in [9.17, 15) is 31.5 Å². The van der Waals surface area contributed by atoms with Crippen LogP contribution in [0.5, 0.6) is 0 Å². The molecule has 9 heteroatoms. The topological polar surface area (TPSA) is 58.2 Å². The van der Waals surface area contributed by atoms with E-state index in [4.69, 9.17) is 0 Å². The van der Waals surface area contributed by atoms with Crippen molar-refractivity contribution in [1.29, 1.82) is 0 Å². The van der Waals surface area contributed by atoms with Gasteiger partial charge in [-0.15, -0.1) is 0 Å². The van der Waals surface area contributed by atoms with Gasteiger partial charge in [0, 0.05) is 12.1 Å². The van der Waals surface area contributed by atoms with Gasteiger partial charge in [0.05, 0.1) is 12.1 Å². The maximum atomic E-state index is 13.0. The predicted molar refractivity (Wildman–Crippen MR) is 82.0 cm³/mol. The van der Waals surface area contributed by atoms with E-state index in [1.807, 2.05) is 0 Å². The summed E-state index contributed by atoms with van der Waals surface area (Å²) in [5, 5.41) is 4.64. The second-order valence-corrected chi connectivity index (χ2v) is 5.28. The Labute approximate surface area is 145 Å². The Balaban J connectivity index is 1.81. The molecule has 0 radical (unpaired) electrons. The molecule has 0 unspecified atom stereocenters. The van der Waals surface area contributed by atoms with Crippen LogP contribution in [0.4, 0.5) is 22.0 Å². The Kier molecular flexibility index (Phi) is 5.91. The summed E-state index contributed by atoms with van der Waals surface area (Å²) in [6.45, 7) is -0.462. The first-order valence-electron chi connectivity index (χ1n) is 7.33. The Bertz CT molecular complexity index is 804. The van der Waals surface area contributed by atoms with Gasteiger partial charge >= 0.3 is 6.18 Å². The summed E-state index contributed by atoms with van der Waals surface area (Å²) in [6.07, 6.45) is -4.44. The van der Waals surface area contributed by atoms with Crippen LogP contribution < -0.4 is 10.6 Å². The average molecular weight is 372 g/mol. The highest BCUT2D eigenvalue weighted by Gasteiger charge is 2.29. The quantitative estimate of drug-likeness (QED) is 0.793. The molecule has 0 aliphatic carbocycles. The van der Waals surface area contributed by atoms with Gasteiger partial charge in [-0.05, 0) is 35.9 Å². The second-order valence-electron chi connectivity index (χ2n) is 5.28. The summed E-state index contributed by atoms with van der Waals surface area (Å²) in [5.74, 6) is -3.66. The van der Waals surface area contributed by atoms with Crippen molar-refractivity contribution in [2.75, 3.05) is 6.54 Å². The summed E-state index contributed by atoms with van der Waals surface area (Å²) in [4.78, 5) is 23.4. The number of carbonyl (C=O) groups is 2. The van der Waals surface area contributed by atoms with E-state index in [-0.39, 0.29) is 12.1 Å². The van der Waals surface area contributed by atoms with Gasteiger partial charge < -0.3 is 10.6 Å². The van der Waals surface area contributed by atoms with Gasteiger partial charge in [-0.3, -0.25) is 9.59 Å². The van der Waals surface area contributed by atoms with E-state index >= 15 is 0 Å². The molecule has 0 saturated carbocycles. The average Bonchev–Trinajstić information content (AvgIpc) is 2.59. The van der Waals surface area contributed by atoms with E-state index in [1.165, 1.54) is 12.1 Å². The molecule has 0 spiro atoms. The third-order valence-electron chi connectivity index (χ3n) is 3.36. The molecule has 4 nitrogen and oxygen atoms in total. The van der Waals surface area contributed by atoms with Gasteiger partial charge in [0.2, 0.25) is 5.91 Å². The number of benzene rings is 2. The molecule has 0 bridgehead atoms. The molecule has 0 aliphatic rings. The van der Waals surface area contributed by atoms with Gasteiger partial charge in [0.15, 0.2) is 11.6 Å². The minimum absolute atomic E-state index is 0.0297. The molecule has 2 amide bonds. The van der Waals surface area contributed by atoms with Gasteiger partial charge in [-0.1, -0.05) is 12.1 Å². The highest BCUT2D eigenvalue weighted by molar-refractivity contribution is 5.96. The van der Waals surface area contributed by atoms with Crippen molar-refractivity contribution >= 4 is 11.8 Å². The fourth-order valence-corrected chi connectivity index (χ4v) is 1.97. The number of amides is 2. The van der Waals surface area contributed by atoms with E-state index in [1.54, 1.807) is 0 Å². The van der Waals surface area contributed by atoms with Crippen LogP contribution in [0.1, 0.15) is 21.5 Å².